The van der Waals surface area contributed by atoms with Crippen molar-refractivity contribution in [3.8, 4) is 0 Å². The van der Waals surface area contributed by atoms with E-state index in [-0.39, 0.29) is 0 Å². The van der Waals surface area contributed by atoms with Gasteiger partial charge in [-0.05, 0) is 37.6 Å². The number of hydrogen-bond acceptors (Lipinski definition) is 2. The lowest BCUT2D eigenvalue weighted by Crippen LogP contribution is -2.25. The Kier molecular flexibility index (Phi) is 3.96. The van der Waals surface area contributed by atoms with Crippen molar-refractivity contribution in [1.82, 2.24) is 0 Å². The van der Waals surface area contributed by atoms with Crippen LogP contribution in [0, 0.1) is 0 Å². The van der Waals surface area contributed by atoms with Crippen LogP contribution in [-0.2, 0) is 6.54 Å². The average Bonchev–Trinajstić information content (AvgIpc) is 2.15. The van der Waals surface area contributed by atoms with Gasteiger partial charge in [0.1, 0.15) is 0 Å². The maximum absolute atomic E-state index is 5.62. The Bertz CT molecular complexity index is 310. The summed E-state index contributed by atoms with van der Waals surface area (Å²) in [6.07, 6.45) is 0. The Morgan fingerprint density at radius 1 is 1.36 bits per heavy atom. The van der Waals surface area contributed by atoms with Crippen molar-refractivity contribution in [1.29, 1.82) is 0 Å². The predicted octanol–water partition coefficient (Wildman–Crippen LogP) is 2.75. The summed E-state index contributed by atoms with van der Waals surface area (Å²) < 4.78 is 1.09. The fourth-order valence-corrected chi connectivity index (χ4v) is 1.78. The zero-order valence-corrected chi connectivity index (χ0v) is 10.5. The van der Waals surface area contributed by atoms with E-state index in [1.165, 1.54) is 5.69 Å². The first-order chi connectivity index (χ1) is 6.54. The van der Waals surface area contributed by atoms with E-state index in [9.17, 15) is 0 Å². The molecule has 0 saturated heterocycles. The summed E-state index contributed by atoms with van der Waals surface area (Å²) in [5.41, 5.74) is 7.98. The number of nitrogens with two attached hydrogens (primary N) is 1. The van der Waals surface area contributed by atoms with Crippen LogP contribution in [0.15, 0.2) is 22.7 Å². The molecule has 0 bridgehead atoms. The van der Waals surface area contributed by atoms with E-state index in [0.717, 1.165) is 10.0 Å². The highest BCUT2D eigenvalue weighted by Crippen LogP contribution is 2.23. The minimum Gasteiger partial charge on any atom is -0.372 e. The van der Waals surface area contributed by atoms with Crippen LogP contribution in [0.3, 0.4) is 0 Å². The highest BCUT2D eigenvalue weighted by molar-refractivity contribution is 9.10. The molecule has 0 aromatic heterocycles. The molecule has 0 spiro atoms. The summed E-state index contributed by atoms with van der Waals surface area (Å²) in [7, 11) is 2.09. The Morgan fingerprint density at radius 2 is 2.00 bits per heavy atom. The minimum atomic E-state index is 0.495. The summed E-state index contributed by atoms with van der Waals surface area (Å²) in [5, 5.41) is 0. The van der Waals surface area contributed by atoms with Crippen molar-refractivity contribution in [2.75, 3.05) is 11.9 Å². The van der Waals surface area contributed by atoms with Crippen LogP contribution >= 0.6 is 15.9 Å². The SMILES string of the molecule is CC(C)N(C)c1cc(Br)cc(CN)c1. The van der Waals surface area contributed by atoms with E-state index in [1.54, 1.807) is 0 Å². The Morgan fingerprint density at radius 3 is 2.50 bits per heavy atom. The highest BCUT2D eigenvalue weighted by atomic mass is 79.9. The number of benzene rings is 1. The molecule has 78 valence electrons. The molecule has 0 unspecified atom stereocenters. The van der Waals surface area contributed by atoms with E-state index in [4.69, 9.17) is 5.73 Å². The summed E-state index contributed by atoms with van der Waals surface area (Å²) in [6.45, 7) is 4.92. The molecule has 3 heteroatoms. The molecule has 0 aliphatic rings. The van der Waals surface area contributed by atoms with Crippen LogP contribution in [0.2, 0.25) is 0 Å². The van der Waals surface area contributed by atoms with Crippen LogP contribution in [-0.4, -0.2) is 13.1 Å². The second-order valence-electron chi connectivity index (χ2n) is 3.73. The molecule has 0 fully saturated rings. The van der Waals surface area contributed by atoms with Gasteiger partial charge in [-0.3, -0.25) is 0 Å². The van der Waals surface area contributed by atoms with Gasteiger partial charge in [0.2, 0.25) is 0 Å². The lowest BCUT2D eigenvalue weighted by molar-refractivity contribution is 0.753. The monoisotopic (exact) mass is 256 g/mol. The number of nitrogens with zero attached hydrogens (tertiary/aromatic N) is 1. The normalized spacial score (nSPS) is 10.7. The third kappa shape index (κ3) is 2.72. The van der Waals surface area contributed by atoms with Crippen LogP contribution in [0.5, 0.6) is 0 Å². The smallest absolute Gasteiger partial charge is 0.0380 e. The molecule has 2 N–H and O–H groups in total. The topological polar surface area (TPSA) is 29.3 Å². The van der Waals surface area contributed by atoms with Gasteiger partial charge in [0.25, 0.3) is 0 Å². The maximum Gasteiger partial charge on any atom is 0.0380 e. The molecule has 0 radical (unpaired) electrons. The van der Waals surface area contributed by atoms with Gasteiger partial charge in [0.05, 0.1) is 0 Å². The van der Waals surface area contributed by atoms with E-state index < -0.39 is 0 Å². The molecule has 0 aliphatic heterocycles. The average molecular weight is 257 g/mol. The van der Waals surface area contributed by atoms with Crippen molar-refractivity contribution in [3.63, 3.8) is 0 Å². The van der Waals surface area contributed by atoms with Crippen LogP contribution < -0.4 is 10.6 Å². The van der Waals surface area contributed by atoms with Crippen molar-refractivity contribution in [3.05, 3.63) is 28.2 Å². The molecule has 1 aromatic carbocycles. The maximum atomic E-state index is 5.62. The van der Waals surface area contributed by atoms with E-state index >= 15 is 0 Å². The van der Waals surface area contributed by atoms with Gasteiger partial charge >= 0.3 is 0 Å². The van der Waals surface area contributed by atoms with Crippen LogP contribution in [0.1, 0.15) is 19.4 Å². The lowest BCUT2D eigenvalue weighted by atomic mass is 10.2. The molecular formula is C11H17BrN2. The van der Waals surface area contributed by atoms with E-state index in [0.29, 0.717) is 12.6 Å². The molecule has 1 aromatic rings. The van der Waals surface area contributed by atoms with Gasteiger partial charge in [-0.25, -0.2) is 0 Å². The molecule has 0 amide bonds. The molecule has 0 saturated carbocycles. The number of hydrogen-bond donors (Lipinski definition) is 1. The first-order valence-electron chi connectivity index (χ1n) is 4.77. The quantitative estimate of drug-likeness (QED) is 0.902. The summed E-state index contributed by atoms with van der Waals surface area (Å²) in [4.78, 5) is 2.23. The minimum absolute atomic E-state index is 0.495. The number of rotatable bonds is 3. The second-order valence-corrected chi connectivity index (χ2v) is 4.64. The molecule has 0 heterocycles. The number of halogens is 1. The molecule has 0 atom stereocenters. The molecule has 0 aliphatic carbocycles. The Balaban J connectivity index is 3.02. The second kappa shape index (κ2) is 4.80. The van der Waals surface area contributed by atoms with Crippen LogP contribution in [0.25, 0.3) is 0 Å². The molecule has 14 heavy (non-hydrogen) atoms. The Labute approximate surface area is 94.2 Å². The van der Waals surface area contributed by atoms with Crippen LogP contribution in [0.4, 0.5) is 5.69 Å². The zero-order chi connectivity index (χ0) is 10.7. The van der Waals surface area contributed by atoms with Crippen molar-refractivity contribution in [2.24, 2.45) is 5.73 Å². The van der Waals surface area contributed by atoms with Crippen molar-refractivity contribution in [2.45, 2.75) is 26.4 Å². The fourth-order valence-electron chi connectivity index (χ4n) is 1.25. The first kappa shape index (κ1) is 11.5. The van der Waals surface area contributed by atoms with Gasteiger partial charge in [-0.2, -0.15) is 0 Å². The Hall–Kier alpha value is -0.540. The third-order valence-electron chi connectivity index (χ3n) is 2.36. The lowest BCUT2D eigenvalue weighted by Gasteiger charge is -2.24. The zero-order valence-electron chi connectivity index (χ0n) is 8.92. The third-order valence-corrected chi connectivity index (χ3v) is 2.82. The van der Waals surface area contributed by atoms with Crippen molar-refractivity contribution >= 4 is 21.6 Å². The largest absolute Gasteiger partial charge is 0.372 e. The number of anilines is 1. The van der Waals surface area contributed by atoms with Gasteiger partial charge in [-0.1, -0.05) is 15.9 Å². The standard InChI is InChI=1S/C11H17BrN2/c1-8(2)14(3)11-5-9(7-13)4-10(12)6-11/h4-6,8H,7,13H2,1-3H3. The fraction of sp³-hybridized carbons (Fsp3) is 0.455. The predicted molar refractivity (Wildman–Crippen MR) is 65.6 cm³/mol. The molecule has 1 rings (SSSR count). The summed E-state index contributed by atoms with van der Waals surface area (Å²) in [6, 6.07) is 6.79. The summed E-state index contributed by atoms with van der Waals surface area (Å²) in [5.74, 6) is 0. The highest BCUT2D eigenvalue weighted by Gasteiger charge is 2.06. The summed E-state index contributed by atoms with van der Waals surface area (Å²) >= 11 is 3.49. The molecule has 2 nitrogen and oxygen atoms in total. The first-order valence-corrected chi connectivity index (χ1v) is 5.56. The van der Waals surface area contributed by atoms with Crippen molar-refractivity contribution < 1.29 is 0 Å². The van der Waals surface area contributed by atoms with Gasteiger partial charge in [-0.15, -0.1) is 0 Å². The van der Waals surface area contributed by atoms with Gasteiger partial charge in [0, 0.05) is 29.8 Å². The van der Waals surface area contributed by atoms with E-state index in [2.05, 4.69) is 59.9 Å². The van der Waals surface area contributed by atoms with Gasteiger partial charge < -0.3 is 10.6 Å². The van der Waals surface area contributed by atoms with Gasteiger partial charge in [0.15, 0.2) is 0 Å². The molecular weight excluding hydrogens is 240 g/mol. The van der Waals surface area contributed by atoms with E-state index in [1.807, 2.05) is 0 Å².